The van der Waals surface area contributed by atoms with Crippen molar-refractivity contribution in [3.63, 3.8) is 0 Å². The number of guanidine groups is 1. The van der Waals surface area contributed by atoms with Crippen molar-refractivity contribution in [3.05, 3.63) is 29.3 Å². The van der Waals surface area contributed by atoms with Gasteiger partial charge in [0.25, 0.3) is 0 Å². The molecule has 2 rings (SSSR count). The Labute approximate surface area is 175 Å². The minimum Gasteiger partial charge on any atom is -0.494 e. The Morgan fingerprint density at radius 3 is 2.62 bits per heavy atom. The Hall–Kier alpha value is -2.28. The van der Waals surface area contributed by atoms with Crippen LogP contribution in [0.2, 0.25) is 0 Å². The van der Waals surface area contributed by atoms with Crippen LogP contribution in [0.15, 0.2) is 23.2 Å². The number of piperidine rings is 1. The van der Waals surface area contributed by atoms with Crippen molar-refractivity contribution in [1.29, 1.82) is 0 Å². The lowest BCUT2D eigenvalue weighted by Crippen LogP contribution is -2.50. The molecule has 1 saturated heterocycles. The first-order valence-corrected chi connectivity index (χ1v) is 10.7. The second kappa shape index (κ2) is 12.3. The lowest BCUT2D eigenvalue weighted by Gasteiger charge is -2.32. The molecule has 7 nitrogen and oxygen atoms in total. The fourth-order valence-electron chi connectivity index (χ4n) is 3.47. The molecule has 0 atom stereocenters. The molecule has 1 aromatic carbocycles. The summed E-state index contributed by atoms with van der Waals surface area (Å²) in [4.78, 5) is 18.5. The average molecular weight is 404 g/mol. The van der Waals surface area contributed by atoms with Crippen LogP contribution in [-0.2, 0) is 11.3 Å². The number of rotatable bonds is 9. The third-order valence-electron chi connectivity index (χ3n) is 5.09. The van der Waals surface area contributed by atoms with Gasteiger partial charge in [0.05, 0.1) is 13.2 Å². The third kappa shape index (κ3) is 7.93. The van der Waals surface area contributed by atoms with Crippen LogP contribution in [0.25, 0.3) is 0 Å². The molecule has 1 aromatic rings. The highest BCUT2D eigenvalue weighted by Gasteiger charge is 2.21. The van der Waals surface area contributed by atoms with Crippen LogP contribution in [0.4, 0.5) is 0 Å². The summed E-state index contributed by atoms with van der Waals surface area (Å²) in [6, 6.07) is 6.63. The zero-order valence-corrected chi connectivity index (χ0v) is 18.4. The molecule has 1 aliphatic heterocycles. The lowest BCUT2D eigenvalue weighted by molar-refractivity contribution is -0.122. The van der Waals surface area contributed by atoms with Gasteiger partial charge in [-0.05, 0) is 50.3 Å². The van der Waals surface area contributed by atoms with Gasteiger partial charge in [0.1, 0.15) is 5.75 Å². The number of amides is 1. The number of benzene rings is 1. The highest BCUT2D eigenvalue weighted by molar-refractivity contribution is 5.80. The number of carbonyl (C=O) groups is 1. The van der Waals surface area contributed by atoms with E-state index in [0.29, 0.717) is 25.7 Å². The van der Waals surface area contributed by atoms with Crippen LogP contribution in [0.5, 0.6) is 5.75 Å². The average Bonchev–Trinajstić information content (AvgIpc) is 2.72. The molecule has 1 heterocycles. The van der Waals surface area contributed by atoms with Crippen LogP contribution < -0.4 is 20.7 Å². The Morgan fingerprint density at radius 2 is 2.00 bits per heavy atom. The molecule has 1 fully saturated rings. The molecular formula is C22H37N5O2. The van der Waals surface area contributed by atoms with E-state index in [1.165, 1.54) is 5.56 Å². The van der Waals surface area contributed by atoms with Gasteiger partial charge < -0.3 is 20.7 Å². The molecule has 1 aliphatic rings. The highest BCUT2D eigenvalue weighted by atomic mass is 16.5. The fourth-order valence-corrected chi connectivity index (χ4v) is 3.47. The van der Waals surface area contributed by atoms with Crippen LogP contribution in [0.1, 0.15) is 44.2 Å². The number of nitrogens with zero attached hydrogens (tertiary/aromatic N) is 2. The van der Waals surface area contributed by atoms with Crippen molar-refractivity contribution in [3.8, 4) is 5.75 Å². The predicted octanol–water partition coefficient (Wildman–Crippen LogP) is 2.05. The van der Waals surface area contributed by atoms with Crippen molar-refractivity contribution in [2.24, 2.45) is 4.99 Å². The molecule has 162 valence electrons. The molecule has 1 amide bonds. The largest absolute Gasteiger partial charge is 0.494 e. The Bertz CT molecular complexity index is 669. The zero-order valence-electron chi connectivity index (χ0n) is 18.4. The van der Waals surface area contributed by atoms with Gasteiger partial charge >= 0.3 is 0 Å². The standard InChI is InChI=1S/C22H37N5O2/c1-5-11-24-21(28)16-27-12-9-19(10-13-27)26-22(23-4)25-15-18-7-8-20(29-6-2)17(3)14-18/h7-8,14,19H,5-6,9-13,15-16H2,1-4H3,(H,24,28)(H2,23,25,26). The normalized spacial score (nSPS) is 15.8. The lowest BCUT2D eigenvalue weighted by atomic mass is 10.1. The Balaban J connectivity index is 1.74. The fraction of sp³-hybridized carbons (Fsp3) is 0.636. The van der Waals surface area contributed by atoms with Crippen molar-refractivity contribution >= 4 is 11.9 Å². The number of hydrogen-bond donors (Lipinski definition) is 3. The van der Waals surface area contributed by atoms with Crippen LogP contribution in [0, 0.1) is 6.92 Å². The number of hydrogen-bond acceptors (Lipinski definition) is 4. The molecule has 0 unspecified atom stereocenters. The molecule has 0 spiro atoms. The molecule has 0 saturated carbocycles. The van der Waals surface area contributed by atoms with E-state index in [9.17, 15) is 4.79 Å². The molecule has 0 radical (unpaired) electrons. The number of aryl methyl sites for hydroxylation is 1. The van der Waals surface area contributed by atoms with Crippen LogP contribution >= 0.6 is 0 Å². The predicted molar refractivity (Wildman–Crippen MR) is 118 cm³/mol. The van der Waals surface area contributed by atoms with Gasteiger partial charge in [-0.25, -0.2) is 0 Å². The molecule has 0 aromatic heterocycles. The van der Waals surface area contributed by atoms with E-state index in [0.717, 1.165) is 56.2 Å². The Kier molecular flexibility index (Phi) is 9.77. The van der Waals surface area contributed by atoms with Crippen LogP contribution in [0.3, 0.4) is 0 Å². The minimum atomic E-state index is 0.126. The van der Waals surface area contributed by atoms with Gasteiger partial charge in [0, 0.05) is 39.3 Å². The van der Waals surface area contributed by atoms with Crippen molar-refractivity contribution in [2.75, 3.05) is 39.8 Å². The topological polar surface area (TPSA) is 78.0 Å². The quantitative estimate of drug-likeness (QED) is 0.435. The SMILES string of the molecule is CCCNC(=O)CN1CCC(NC(=NC)NCc2ccc(OCC)c(C)c2)CC1. The summed E-state index contributed by atoms with van der Waals surface area (Å²) in [5.41, 5.74) is 2.34. The summed E-state index contributed by atoms with van der Waals surface area (Å²) in [5.74, 6) is 1.88. The van der Waals surface area contributed by atoms with Crippen LogP contribution in [-0.4, -0.2) is 62.6 Å². The van der Waals surface area contributed by atoms with Gasteiger partial charge in [0.2, 0.25) is 5.91 Å². The first-order valence-electron chi connectivity index (χ1n) is 10.7. The van der Waals surface area contributed by atoms with E-state index in [-0.39, 0.29) is 5.91 Å². The summed E-state index contributed by atoms with van der Waals surface area (Å²) in [6.45, 7) is 10.6. The number of carbonyl (C=O) groups excluding carboxylic acids is 1. The van der Waals surface area contributed by atoms with E-state index >= 15 is 0 Å². The second-order valence-electron chi connectivity index (χ2n) is 7.50. The molecule has 7 heteroatoms. The minimum absolute atomic E-state index is 0.126. The van der Waals surface area contributed by atoms with E-state index in [1.807, 2.05) is 13.0 Å². The van der Waals surface area contributed by atoms with Gasteiger partial charge in [-0.1, -0.05) is 19.1 Å². The summed E-state index contributed by atoms with van der Waals surface area (Å²) >= 11 is 0. The maximum Gasteiger partial charge on any atom is 0.234 e. The highest BCUT2D eigenvalue weighted by Crippen LogP contribution is 2.19. The molecule has 29 heavy (non-hydrogen) atoms. The maximum absolute atomic E-state index is 11.9. The number of nitrogens with one attached hydrogen (secondary N) is 3. The van der Waals surface area contributed by atoms with E-state index < -0.39 is 0 Å². The third-order valence-corrected chi connectivity index (χ3v) is 5.09. The first kappa shape index (κ1) is 23.0. The monoisotopic (exact) mass is 403 g/mol. The van der Waals surface area contributed by atoms with E-state index in [1.54, 1.807) is 7.05 Å². The second-order valence-corrected chi connectivity index (χ2v) is 7.50. The van der Waals surface area contributed by atoms with Gasteiger partial charge in [0.15, 0.2) is 5.96 Å². The van der Waals surface area contributed by atoms with Crippen molar-refractivity contribution in [2.45, 2.75) is 52.6 Å². The molecule has 0 bridgehead atoms. The van der Waals surface area contributed by atoms with Gasteiger partial charge in [-0.15, -0.1) is 0 Å². The summed E-state index contributed by atoms with van der Waals surface area (Å²) in [5, 5.41) is 9.86. The molecule has 3 N–H and O–H groups in total. The first-order chi connectivity index (χ1) is 14.0. The molecule has 0 aliphatic carbocycles. The Morgan fingerprint density at radius 1 is 1.24 bits per heavy atom. The van der Waals surface area contributed by atoms with Crippen molar-refractivity contribution < 1.29 is 9.53 Å². The molecular weight excluding hydrogens is 366 g/mol. The smallest absolute Gasteiger partial charge is 0.234 e. The zero-order chi connectivity index (χ0) is 21.1. The summed E-state index contributed by atoms with van der Waals surface area (Å²) in [6.07, 6.45) is 2.98. The van der Waals surface area contributed by atoms with Gasteiger partial charge in [-0.3, -0.25) is 14.7 Å². The van der Waals surface area contributed by atoms with E-state index in [4.69, 9.17) is 4.74 Å². The summed E-state index contributed by atoms with van der Waals surface area (Å²) in [7, 11) is 1.80. The van der Waals surface area contributed by atoms with E-state index in [2.05, 4.69) is 51.8 Å². The summed E-state index contributed by atoms with van der Waals surface area (Å²) < 4.78 is 5.61. The number of aliphatic imine (C=N–C) groups is 1. The van der Waals surface area contributed by atoms with Crippen molar-refractivity contribution in [1.82, 2.24) is 20.9 Å². The number of ether oxygens (including phenoxy) is 1. The number of likely N-dealkylation sites (tertiary alicyclic amines) is 1. The van der Waals surface area contributed by atoms with Gasteiger partial charge in [-0.2, -0.15) is 0 Å². The maximum atomic E-state index is 11.9.